The summed E-state index contributed by atoms with van der Waals surface area (Å²) in [5, 5.41) is 6.40. The molecule has 0 fully saturated rings. The number of nitrogens with zero attached hydrogens (tertiary/aromatic N) is 1. The van der Waals surface area contributed by atoms with Crippen molar-refractivity contribution in [3.8, 4) is 0 Å². The van der Waals surface area contributed by atoms with Gasteiger partial charge >= 0.3 is 0 Å². The highest BCUT2D eigenvalue weighted by Crippen LogP contribution is 2.12. The van der Waals surface area contributed by atoms with E-state index in [0.29, 0.717) is 0 Å². The number of hydrazone groups is 1. The SMILES string of the molecule is C/C(=N/Nc1ccc(C)cc1)c1cccs1. The summed E-state index contributed by atoms with van der Waals surface area (Å²) < 4.78 is 0. The Hall–Kier alpha value is -1.61. The number of rotatable bonds is 3. The average molecular weight is 230 g/mol. The van der Waals surface area contributed by atoms with Crippen LogP contribution in [0.3, 0.4) is 0 Å². The lowest BCUT2D eigenvalue weighted by Gasteiger charge is -2.02. The van der Waals surface area contributed by atoms with Gasteiger partial charge in [0.2, 0.25) is 0 Å². The van der Waals surface area contributed by atoms with Crippen molar-refractivity contribution in [3.63, 3.8) is 0 Å². The lowest BCUT2D eigenvalue weighted by atomic mass is 10.2. The Balaban J connectivity index is 2.06. The molecular weight excluding hydrogens is 216 g/mol. The van der Waals surface area contributed by atoms with Gasteiger partial charge in [0.15, 0.2) is 0 Å². The zero-order chi connectivity index (χ0) is 11.4. The largest absolute Gasteiger partial charge is 0.278 e. The minimum absolute atomic E-state index is 1.01. The minimum atomic E-state index is 1.01. The Morgan fingerprint density at radius 1 is 1.19 bits per heavy atom. The third-order valence-electron chi connectivity index (χ3n) is 2.28. The topological polar surface area (TPSA) is 24.4 Å². The summed E-state index contributed by atoms with van der Waals surface area (Å²) in [6, 6.07) is 12.3. The molecule has 0 unspecified atom stereocenters. The Morgan fingerprint density at radius 2 is 1.94 bits per heavy atom. The molecular formula is C13H14N2S. The number of thiophene rings is 1. The zero-order valence-corrected chi connectivity index (χ0v) is 10.2. The fourth-order valence-corrected chi connectivity index (χ4v) is 1.99. The van der Waals surface area contributed by atoms with Gasteiger partial charge in [0.1, 0.15) is 0 Å². The van der Waals surface area contributed by atoms with E-state index in [1.807, 2.05) is 25.1 Å². The predicted octanol–water partition coefficient (Wildman–Crippen LogP) is 3.89. The van der Waals surface area contributed by atoms with Gasteiger partial charge < -0.3 is 0 Å². The number of nitrogens with one attached hydrogen (secondary N) is 1. The number of benzene rings is 1. The van der Waals surface area contributed by atoms with Crippen molar-refractivity contribution < 1.29 is 0 Å². The minimum Gasteiger partial charge on any atom is -0.278 e. The molecule has 1 aromatic carbocycles. The molecule has 1 aromatic heterocycles. The standard InChI is InChI=1S/C13H14N2S/c1-10-5-7-12(8-6-10)15-14-11(2)13-4-3-9-16-13/h3-9,15H,1-2H3/b14-11-. The third-order valence-corrected chi connectivity index (χ3v) is 3.26. The second-order valence-electron chi connectivity index (χ2n) is 3.65. The Morgan fingerprint density at radius 3 is 2.56 bits per heavy atom. The molecule has 2 rings (SSSR count). The molecule has 1 heterocycles. The van der Waals surface area contributed by atoms with Crippen LogP contribution in [-0.4, -0.2) is 5.71 Å². The molecule has 3 heteroatoms. The molecule has 0 aliphatic rings. The van der Waals surface area contributed by atoms with Crippen molar-refractivity contribution >= 4 is 22.7 Å². The number of hydrogen-bond acceptors (Lipinski definition) is 3. The normalized spacial score (nSPS) is 11.5. The molecule has 0 saturated carbocycles. The van der Waals surface area contributed by atoms with Crippen molar-refractivity contribution in [2.45, 2.75) is 13.8 Å². The van der Waals surface area contributed by atoms with Crippen LogP contribution in [0.2, 0.25) is 0 Å². The maximum absolute atomic E-state index is 4.34. The first-order valence-corrected chi connectivity index (χ1v) is 6.04. The fraction of sp³-hybridized carbons (Fsp3) is 0.154. The molecule has 2 aromatic rings. The number of anilines is 1. The smallest absolute Gasteiger partial charge is 0.0747 e. The molecule has 0 radical (unpaired) electrons. The fourth-order valence-electron chi connectivity index (χ4n) is 1.32. The third kappa shape index (κ3) is 2.70. The van der Waals surface area contributed by atoms with Crippen LogP contribution in [0.4, 0.5) is 5.69 Å². The van der Waals surface area contributed by atoms with E-state index in [0.717, 1.165) is 11.4 Å². The van der Waals surface area contributed by atoms with Crippen LogP contribution >= 0.6 is 11.3 Å². The molecule has 0 aliphatic heterocycles. The van der Waals surface area contributed by atoms with Crippen LogP contribution in [-0.2, 0) is 0 Å². The van der Waals surface area contributed by atoms with Gasteiger partial charge in [0.05, 0.1) is 11.4 Å². The second kappa shape index (κ2) is 4.94. The summed E-state index contributed by atoms with van der Waals surface area (Å²) in [4.78, 5) is 1.19. The predicted molar refractivity (Wildman–Crippen MR) is 71.3 cm³/mol. The first kappa shape index (κ1) is 10.9. The molecule has 0 spiro atoms. The van der Waals surface area contributed by atoms with Crippen LogP contribution in [0.25, 0.3) is 0 Å². The first-order chi connectivity index (χ1) is 7.75. The van der Waals surface area contributed by atoms with Crippen LogP contribution < -0.4 is 5.43 Å². The van der Waals surface area contributed by atoms with Crippen molar-refractivity contribution in [2.75, 3.05) is 5.43 Å². The van der Waals surface area contributed by atoms with Crippen molar-refractivity contribution in [3.05, 3.63) is 52.2 Å². The lowest BCUT2D eigenvalue weighted by Crippen LogP contribution is -1.97. The van der Waals surface area contributed by atoms with E-state index in [2.05, 4.69) is 41.0 Å². The summed E-state index contributed by atoms with van der Waals surface area (Å²) in [6.07, 6.45) is 0. The van der Waals surface area contributed by atoms with Gasteiger partial charge in [0.25, 0.3) is 0 Å². The van der Waals surface area contributed by atoms with Crippen LogP contribution in [0.5, 0.6) is 0 Å². The van der Waals surface area contributed by atoms with E-state index < -0.39 is 0 Å². The quantitative estimate of drug-likeness (QED) is 0.627. The number of aryl methyl sites for hydroxylation is 1. The average Bonchev–Trinajstić information content (AvgIpc) is 2.81. The van der Waals surface area contributed by atoms with Gasteiger partial charge in [-0.25, -0.2) is 0 Å². The van der Waals surface area contributed by atoms with Gasteiger partial charge in [-0.3, -0.25) is 5.43 Å². The highest BCUT2D eigenvalue weighted by atomic mass is 32.1. The van der Waals surface area contributed by atoms with Gasteiger partial charge in [0, 0.05) is 4.88 Å². The van der Waals surface area contributed by atoms with E-state index in [9.17, 15) is 0 Å². The van der Waals surface area contributed by atoms with E-state index in [-0.39, 0.29) is 0 Å². The highest BCUT2D eigenvalue weighted by Gasteiger charge is 1.97. The van der Waals surface area contributed by atoms with E-state index in [1.54, 1.807) is 11.3 Å². The van der Waals surface area contributed by atoms with Crippen molar-refractivity contribution in [2.24, 2.45) is 5.10 Å². The molecule has 2 nitrogen and oxygen atoms in total. The molecule has 82 valence electrons. The molecule has 0 bridgehead atoms. The Labute approximate surface area is 99.6 Å². The Kier molecular flexibility index (Phi) is 3.37. The zero-order valence-electron chi connectivity index (χ0n) is 9.40. The van der Waals surface area contributed by atoms with E-state index >= 15 is 0 Å². The van der Waals surface area contributed by atoms with Crippen LogP contribution in [0.1, 0.15) is 17.4 Å². The van der Waals surface area contributed by atoms with E-state index in [4.69, 9.17) is 0 Å². The molecule has 1 N–H and O–H groups in total. The van der Waals surface area contributed by atoms with Gasteiger partial charge in [-0.1, -0.05) is 23.8 Å². The molecule has 16 heavy (non-hydrogen) atoms. The van der Waals surface area contributed by atoms with Crippen LogP contribution in [0.15, 0.2) is 46.9 Å². The first-order valence-electron chi connectivity index (χ1n) is 5.16. The van der Waals surface area contributed by atoms with Gasteiger partial charge in [-0.2, -0.15) is 5.10 Å². The van der Waals surface area contributed by atoms with E-state index in [1.165, 1.54) is 10.4 Å². The number of hydrogen-bond donors (Lipinski definition) is 1. The molecule has 0 saturated heterocycles. The summed E-state index contributed by atoms with van der Waals surface area (Å²) in [6.45, 7) is 4.08. The summed E-state index contributed by atoms with van der Waals surface area (Å²) in [5.41, 5.74) is 6.33. The summed E-state index contributed by atoms with van der Waals surface area (Å²) >= 11 is 1.70. The van der Waals surface area contributed by atoms with Crippen molar-refractivity contribution in [1.82, 2.24) is 0 Å². The Bertz CT molecular complexity index is 469. The lowest BCUT2D eigenvalue weighted by molar-refractivity contribution is 1.32. The molecule has 0 aliphatic carbocycles. The summed E-state index contributed by atoms with van der Waals surface area (Å²) in [7, 11) is 0. The highest BCUT2D eigenvalue weighted by molar-refractivity contribution is 7.12. The van der Waals surface area contributed by atoms with Gasteiger partial charge in [-0.15, -0.1) is 11.3 Å². The second-order valence-corrected chi connectivity index (χ2v) is 4.60. The summed E-state index contributed by atoms with van der Waals surface area (Å²) in [5.74, 6) is 0. The maximum Gasteiger partial charge on any atom is 0.0747 e. The monoisotopic (exact) mass is 230 g/mol. The maximum atomic E-state index is 4.34. The molecule has 0 amide bonds. The molecule has 0 atom stereocenters. The van der Waals surface area contributed by atoms with Crippen molar-refractivity contribution in [1.29, 1.82) is 0 Å². The van der Waals surface area contributed by atoms with Gasteiger partial charge in [-0.05, 0) is 37.4 Å². The van der Waals surface area contributed by atoms with Crippen LogP contribution in [0, 0.1) is 6.92 Å².